The van der Waals surface area contributed by atoms with E-state index >= 15 is 0 Å². The highest BCUT2D eigenvalue weighted by Gasteiger charge is 2.36. The molecule has 0 radical (unpaired) electrons. The van der Waals surface area contributed by atoms with E-state index in [4.69, 9.17) is 0 Å². The van der Waals surface area contributed by atoms with E-state index < -0.39 is 35.2 Å². The van der Waals surface area contributed by atoms with Crippen molar-refractivity contribution in [2.24, 2.45) is 0 Å². The predicted molar refractivity (Wildman–Crippen MR) is 76.8 cm³/mol. The Morgan fingerprint density at radius 3 is 1.23 bits per heavy atom. The summed E-state index contributed by atoms with van der Waals surface area (Å²) in [6.45, 7) is 0. The molecule has 0 spiro atoms. The molecule has 0 N–H and O–H groups in total. The Morgan fingerprint density at radius 1 is 0.462 bits per heavy atom. The van der Waals surface area contributed by atoms with Crippen LogP contribution in [0.15, 0.2) is 42.5 Å². The number of hydrogen-bond acceptors (Lipinski definition) is 0. The van der Waals surface area contributed by atoms with Crippen LogP contribution in [0.5, 0.6) is 0 Å². The third-order valence-electron chi connectivity index (χ3n) is 3.32. The summed E-state index contributed by atoms with van der Waals surface area (Å²) in [4.78, 5) is 0. The van der Waals surface area contributed by atoms with Crippen molar-refractivity contribution in [1.29, 1.82) is 0 Å². The quantitative estimate of drug-likeness (QED) is 0.390. The third-order valence-corrected chi connectivity index (χ3v) is 3.32. The topological polar surface area (TPSA) is 0 Å². The van der Waals surface area contributed by atoms with Gasteiger partial charge >= 0.3 is 18.5 Å². The van der Waals surface area contributed by atoms with Crippen LogP contribution in [-0.4, -0.2) is 0 Å². The second-order valence-corrected chi connectivity index (χ2v) is 5.29. The molecule has 0 bridgehead atoms. The van der Waals surface area contributed by atoms with Gasteiger partial charge in [-0.05, 0) is 41.5 Å². The molecule has 2 rings (SSSR count). The van der Waals surface area contributed by atoms with E-state index in [1.54, 1.807) is 0 Å². The zero-order valence-electron chi connectivity index (χ0n) is 12.6. The van der Waals surface area contributed by atoms with Crippen molar-refractivity contribution in [3.8, 4) is 0 Å². The van der Waals surface area contributed by atoms with Gasteiger partial charge in [0.1, 0.15) is 0 Å². The molecule has 0 aliphatic rings. The number of rotatable bonds is 2. The fraction of sp³-hybridized carbons (Fsp3) is 0.176. The van der Waals surface area contributed by atoms with Gasteiger partial charge in [0.05, 0.1) is 16.7 Å². The molecule has 0 fully saturated rings. The van der Waals surface area contributed by atoms with Crippen molar-refractivity contribution in [3.05, 3.63) is 70.3 Å². The molecule has 2 aromatic carbocycles. The van der Waals surface area contributed by atoms with Gasteiger partial charge in [-0.2, -0.15) is 39.5 Å². The highest BCUT2D eigenvalue weighted by Crippen LogP contribution is 2.36. The summed E-state index contributed by atoms with van der Waals surface area (Å²) in [5, 5.41) is 0. The SMILES string of the molecule is FC(F)(F)c1ccc(/C=C\c2cc(C(F)(F)F)cc(C(F)(F)F)c2)cc1. The van der Waals surface area contributed by atoms with Crippen LogP contribution in [0.2, 0.25) is 0 Å². The van der Waals surface area contributed by atoms with Gasteiger partial charge in [-0.25, -0.2) is 0 Å². The standard InChI is InChI=1S/C17H9F9/c18-15(19,20)12-5-3-10(4-6-12)1-2-11-7-13(16(21,22)23)9-14(8-11)17(24,25)26/h1-9H/b2-1-. The second-order valence-electron chi connectivity index (χ2n) is 5.29. The van der Waals surface area contributed by atoms with Gasteiger partial charge in [0.2, 0.25) is 0 Å². The Kier molecular flexibility index (Phi) is 5.12. The third kappa shape index (κ3) is 5.03. The van der Waals surface area contributed by atoms with Gasteiger partial charge in [0.15, 0.2) is 0 Å². The largest absolute Gasteiger partial charge is 0.416 e. The van der Waals surface area contributed by atoms with Gasteiger partial charge in [0, 0.05) is 0 Å². The van der Waals surface area contributed by atoms with Crippen molar-refractivity contribution >= 4 is 12.2 Å². The first-order valence-corrected chi connectivity index (χ1v) is 6.91. The molecule has 0 aliphatic carbocycles. The van der Waals surface area contributed by atoms with E-state index in [0.717, 1.165) is 36.4 Å². The van der Waals surface area contributed by atoms with Crippen LogP contribution in [0, 0.1) is 0 Å². The van der Waals surface area contributed by atoms with Crippen LogP contribution in [0.4, 0.5) is 39.5 Å². The first-order chi connectivity index (χ1) is 11.8. The summed E-state index contributed by atoms with van der Waals surface area (Å²) >= 11 is 0. The monoisotopic (exact) mass is 384 g/mol. The maximum absolute atomic E-state index is 12.8. The summed E-state index contributed by atoms with van der Waals surface area (Å²) in [6.07, 6.45) is -12.4. The first kappa shape index (κ1) is 19.9. The highest BCUT2D eigenvalue weighted by atomic mass is 19.4. The molecule has 0 atom stereocenters. The number of hydrogen-bond donors (Lipinski definition) is 0. The van der Waals surface area contributed by atoms with E-state index in [1.807, 2.05) is 0 Å². The van der Waals surface area contributed by atoms with Crippen LogP contribution in [0.1, 0.15) is 27.8 Å². The molecule has 140 valence electrons. The molecule has 0 nitrogen and oxygen atoms in total. The number of halogens is 9. The maximum Gasteiger partial charge on any atom is 0.416 e. The van der Waals surface area contributed by atoms with E-state index in [1.165, 1.54) is 0 Å². The van der Waals surface area contributed by atoms with Crippen molar-refractivity contribution in [2.45, 2.75) is 18.5 Å². The van der Waals surface area contributed by atoms with Crippen molar-refractivity contribution in [3.63, 3.8) is 0 Å². The summed E-state index contributed by atoms with van der Waals surface area (Å²) in [5.41, 5.74) is -4.07. The van der Waals surface area contributed by atoms with Gasteiger partial charge in [-0.15, -0.1) is 0 Å². The smallest absolute Gasteiger partial charge is 0.166 e. The zero-order chi connectivity index (χ0) is 19.8. The molecule has 0 aliphatic heterocycles. The van der Waals surface area contributed by atoms with E-state index in [0.29, 0.717) is 12.1 Å². The average molecular weight is 384 g/mol. The Bertz CT molecular complexity index is 759. The molecule has 0 unspecified atom stereocenters. The number of benzene rings is 2. The molecule has 26 heavy (non-hydrogen) atoms. The molecule has 0 heterocycles. The molecule has 0 saturated carbocycles. The maximum atomic E-state index is 12.8. The van der Waals surface area contributed by atoms with Crippen molar-refractivity contribution in [2.75, 3.05) is 0 Å². The molecule has 0 amide bonds. The Hall–Kier alpha value is -2.45. The Morgan fingerprint density at radius 2 is 0.846 bits per heavy atom. The first-order valence-electron chi connectivity index (χ1n) is 6.91. The van der Waals surface area contributed by atoms with Crippen LogP contribution in [-0.2, 0) is 18.5 Å². The summed E-state index contributed by atoms with van der Waals surface area (Å²) in [7, 11) is 0. The fourth-order valence-electron chi connectivity index (χ4n) is 2.05. The van der Waals surface area contributed by atoms with Gasteiger partial charge < -0.3 is 0 Å². The highest BCUT2D eigenvalue weighted by molar-refractivity contribution is 5.70. The van der Waals surface area contributed by atoms with Crippen molar-refractivity contribution in [1.82, 2.24) is 0 Å². The zero-order valence-corrected chi connectivity index (χ0v) is 12.6. The fourth-order valence-corrected chi connectivity index (χ4v) is 2.05. The normalized spacial score (nSPS) is 13.4. The number of alkyl halides is 9. The minimum Gasteiger partial charge on any atom is -0.166 e. The van der Waals surface area contributed by atoms with E-state index in [9.17, 15) is 39.5 Å². The lowest BCUT2D eigenvalue weighted by Gasteiger charge is -2.13. The molecule has 9 heteroatoms. The lowest BCUT2D eigenvalue weighted by molar-refractivity contribution is -0.143. The van der Waals surface area contributed by atoms with E-state index in [-0.39, 0.29) is 17.2 Å². The molecule has 0 saturated heterocycles. The summed E-state index contributed by atoms with van der Waals surface area (Å²) in [5.74, 6) is 0. The van der Waals surface area contributed by atoms with Crippen LogP contribution >= 0.6 is 0 Å². The minimum absolute atomic E-state index is 0.00450. The second kappa shape index (κ2) is 6.69. The van der Waals surface area contributed by atoms with Crippen molar-refractivity contribution < 1.29 is 39.5 Å². The van der Waals surface area contributed by atoms with Gasteiger partial charge in [-0.1, -0.05) is 24.3 Å². The van der Waals surface area contributed by atoms with Crippen LogP contribution in [0.25, 0.3) is 12.2 Å². The predicted octanol–water partition coefficient (Wildman–Crippen LogP) is 6.91. The molecular weight excluding hydrogens is 375 g/mol. The lowest BCUT2D eigenvalue weighted by Crippen LogP contribution is -2.11. The van der Waals surface area contributed by atoms with Crippen LogP contribution < -0.4 is 0 Å². The summed E-state index contributed by atoms with van der Waals surface area (Å²) < 4.78 is 114. The molecule has 0 aromatic heterocycles. The lowest BCUT2D eigenvalue weighted by atomic mass is 10.0. The Balaban J connectivity index is 2.37. The van der Waals surface area contributed by atoms with E-state index in [2.05, 4.69) is 0 Å². The van der Waals surface area contributed by atoms with Gasteiger partial charge in [-0.3, -0.25) is 0 Å². The summed E-state index contributed by atoms with van der Waals surface area (Å²) in [6, 6.07) is 4.66. The van der Waals surface area contributed by atoms with Crippen LogP contribution in [0.3, 0.4) is 0 Å². The molecule has 2 aromatic rings. The van der Waals surface area contributed by atoms with Gasteiger partial charge in [0.25, 0.3) is 0 Å². The average Bonchev–Trinajstić information content (AvgIpc) is 2.50. The minimum atomic E-state index is -4.97. The Labute approximate surface area is 141 Å². The molecular formula is C17H9F9.